The van der Waals surface area contributed by atoms with E-state index in [0.717, 1.165) is 0 Å². The molecule has 12 heavy (non-hydrogen) atoms. The third-order valence-electron chi connectivity index (χ3n) is 1.89. The topological polar surface area (TPSA) is 3.24 Å². The van der Waals surface area contributed by atoms with Crippen LogP contribution in [-0.4, -0.2) is 4.90 Å². The summed E-state index contributed by atoms with van der Waals surface area (Å²) in [6.45, 7) is 10.1. The third-order valence-corrected chi connectivity index (χ3v) is 1.89. The molecule has 0 unspecified atom stereocenters. The molecule has 0 bridgehead atoms. The Kier molecular flexibility index (Phi) is 2.54. The molecule has 1 nitrogen and oxygen atoms in total. The second kappa shape index (κ2) is 3.44. The molecule has 0 aromatic carbocycles. The van der Waals surface area contributed by atoms with Crippen LogP contribution in [0.2, 0.25) is 0 Å². The summed E-state index contributed by atoms with van der Waals surface area (Å²) in [5.74, 6) is 0. The van der Waals surface area contributed by atoms with Crippen molar-refractivity contribution >= 4 is 0 Å². The fraction of sp³-hybridized carbons (Fsp3) is 0.273. The highest BCUT2D eigenvalue weighted by Crippen LogP contribution is 2.23. The third kappa shape index (κ3) is 1.50. The summed E-state index contributed by atoms with van der Waals surface area (Å²) >= 11 is 0. The molecule has 0 saturated carbocycles. The molecule has 64 valence electrons. The summed E-state index contributed by atoms with van der Waals surface area (Å²) in [6, 6.07) is 0. The fourth-order valence-electron chi connectivity index (χ4n) is 1.44. The molecular weight excluding hydrogens is 146 g/mol. The van der Waals surface area contributed by atoms with Crippen LogP contribution in [0.1, 0.15) is 20.8 Å². The molecule has 0 radical (unpaired) electrons. The van der Waals surface area contributed by atoms with E-state index in [1.54, 1.807) is 0 Å². The van der Waals surface area contributed by atoms with Crippen molar-refractivity contribution in [1.82, 2.24) is 4.90 Å². The van der Waals surface area contributed by atoms with Crippen LogP contribution in [0.25, 0.3) is 0 Å². The van der Waals surface area contributed by atoms with Gasteiger partial charge in [0.2, 0.25) is 0 Å². The molecule has 1 heteroatoms. The van der Waals surface area contributed by atoms with E-state index < -0.39 is 0 Å². The van der Waals surface area contributed by atoms with Crippen LogP contribution in [-0.2, 0) is 0 Å². The molecule has 0 amide bonds. The first-order valence-electron chi connectivity index (χ1n) is 4.10. The highest BCUT2D eigenvalue weighted by molar-refractivity contribution is 5.39. The minimum absolute atomic E-state index is 1.26. The Morgan fingerprint density at radius 3 is 2.58 bits per heavy atom. The number of allylic oxidation sites excluding steroid dienone is 4. The quantitative estimate of drug-likeness (QED) is 0.571. The second-order valence-corrected chi connectivity index (χ2v) is 3.13. The molecule has 1 aliphatic heterocycles. The monoisotopic (exact) mass is 161 g/mol. The van der Waals surface area contributed by atoms with Gasteiger partial charge in [-0.15, -0.1) is 0 Å². The van der Waals surface area contributed by atoms with Gasteiger partial charge in [-0.25, -0.2) is 0 Å². The molecule has 1 aliphatic rings. The Morgan fingerprint density at radius 2 is 2.17 bits per heavy atom. The molecule has 1 rings (SSSR count). The van der Waals surface area contributed by atoms with Gasteiger partial charge in [-0.05, 0) is 32.4 Å². The van der Waals surface area contributed by atoms with Gasteiger partial charge >= 0.3 is 0 Å². The van der Waals surface area contributed by atoms with Crippen LogP contribution in [0.3, 0.4) is 0 Å². The van der Waals surface area contributed by atoms with E-state index in [9.17, 15) is 0 Å². The van der Waals surface area contributed by atoms with Crippen LogP contribution >= 0.6 is 0 Å². The van der Waals surface area contributed by atoms with Crippen molar-refractivity contribution in [3.63, 3.8) is 0 Å². The van der Waals surface area contributed by atoms with Crippen molar-refractivity contribution < 1.29 is 0 Å². The second-order valence-electron chi connectivity index (χ2n) is 3.13. The Morgan fingerprint density at radius 1 is 1.50 bits per heavy atom. The van der Waals surface area contributed by atoms with Gasteiger partial charge < -0.3 is 4.90 Å². The molecule has 0 fully saturated rings. The van der Waals surface area contributed by atoms with Crippen molar-refractivity contribution in [2.45, 2.75) is 20.8 Å². The number of rotatable bonds is 1. The smallest absolute Gasteiger partial charge is 0.0464 e. The van der Waals surface area contributed by atoms with Crippen molar-refractivity contribution in [3.05, 3.63) is 48.0 Å². The number of hydrogen-bond donors (Lipinski definition) is 0. The van der Waals surface area contributed by atoms with E-state index in [-0.39, 0.29) is 0 Å². The molecule has 0 N–H and O–H groups in total. The highest BCUT2D eigenvalue weighted by Gasteiger charge is 2.09. The number of nitrogens with zero attached hydrogens (tertiary/aromatic N) is 1. The Bertz CT molecular complexity index is 275. The summed E-state index contributed by atoms with van der Waals surface area (Å²) in [7, 11) is 0. The lowest BCUT2D eigenvalue weighted by Crippen LogP contribution is -2.13. The van der Waals surface area contributed by atoms with Crippen molar-refractivity contribution in [2.75, 3.05) is 0 Å². The Balaban J connectivity index is 3.11. The van der Waals surface area contributed by atoms with Gasteiger partial charge in [0.1, 0.15) is 0 Å². The molecule has 0 aromatic heterocycles. The highest BCUT2D eigenvalue weighted by atomic mass is 15.1. The predicted molar refractivity (Wildman–Crippen MR) is 53.3 cm³/mol. The zero-order chi connectivity index (χ0) is 9.14. The lowest BCUT2D eigenvalue weighted by molar-refractivity contribution is 0.625. The van der Waals surface area contributed by atoms with Gasteiger partial charge in [0, 0.05) is 18.1 Å². The molecule has 0 saturated heterocycles. The van der Waals surface area contributed by atoms with Gasteiger partial charge in [-0.3, -0.25) is 0 Å². The number of hydrogen-bond acceptors (Lipinski definition) is 1. The van der Waals surface area contributed by atoms with E-state index in [2.05, 4.69) is 33.4 Å². The van der Waals surface area contributed by atoms with Crippen molar-refractivity contribution in [2.24, 2.45) is 0 Å². The largest absolute Gasteiger partial charge is 0.324 e. The van der Waals surface area contributed by atoms with Crippen LogP contribution in [0.15, 0.2) is 48.0 Å². The van der Waals surface area contributed by atoms with Gasteiger partial charge in [-0.2, -0.15) is 0 Å². The lowest BCUT2D eigenvalue weighted by Gasteiger charge is -2.24. The minimum atomic E-state index is 1.26. The molecule has 0 aliphatic carbocycles. The van der Waals surface area contributed by atoms with Crippen LogP contribution in [0.5, 0.6) is 0 Å². The molecule has 0 aromatic rings. The molecule has 0 atom stereocenters. The van der Waals surface area contributed by atoms with Gasteiger partial charge in [0.05, 0.1) is 0 Å². The van der Waals surface area contributed by atoms with E-state index in [1.165, 1.54) is 16.8 Å². The standard InChI is InChI=1S/C11H15N/c1-5-12-8-6-7-10(4)11(12)9(2)3/h5-8H,1H2,2-4H3. The zero-order valence-electron chi connectivity index (χ0n) is 7.96. The SMILES string of the molecule is C=CN1C=CC=C(C)C1=C(C)C. The van der Waals surface area contributed by atoms with E-state index in [4.69, 9.17) is 0 Å². The summed E-state index contributed by atoms with van der Waals surface area (Å²) < 4.78 is 0. The predicted octanol–water partition coefficient (Wildman–Crippen LogP) is 3.20. The van der Waals surface area contributed by atoms with Gasteiger partial charge in [0.25, 0.3) is 0 Å². The maximum Gasteiger partial charge on any atom is 0.0464 e. The Hall–Kier alpha value is -1.24. The van der Waals surface area contributed by atoms with Crippen molar-refractivity contribution in [1.29, 1.82) is 0 Å². The Labute approximate surface area is 74.4 Å². The lowest BCUT2D eigenvalue weighted by atomic mass is 10.1. The van der Waals surface area contributed by atoms with E-state index in [0.29, 0.717) is 0 Å². The molecule has 1 heterocycles. The summed E-state index contributed by atoms with van der Waals surface area (Å²) in [5, 5.41) is 0. The maximum absolute atomic E-state index is 3.76. The average Bonchev–Trinajstić information content (AvgIpc) is 2.03. The summed E-state index contributed by atoms with van der Waals surface area (Å²) in [6.07, 6.45) is 7.99. The van der Waals surface area contributed by atoms with Gasteiger partial charge in [0.15, 0.2) is 0 Å². The first kappa shape index (κ1) is 8.85. The summed E-state index contributed by atoms with van der Waals surface area (Å²) in [4.78, 5) is 2.05. The first-order valence-corrected chi connectivity index (χ1v) is 4.10. The minimum Gasteiger partial charge on any atom is -0.324 e. The molecular formula is C11H15N. The molecule has 0 spiro atoms. The van der Waals surface area contributed by atoms with Crippen LogP contribution in [0.4, 0.5) is 0 Å². The van der Waals surface area contributed by atoms with Crippen LogP contribution in [0, 0.1) is 0 Å². The van der Waals surface area contributed by atoms with E-state index in [1.807, 2.05) is 23.4 Å². The maximum atomic E-state index is 3.76. The van der Waals surface area contributed by atoms with Crippen molar-refractivity contribution in [3.8, 4) is 0 Å². The van der Waals surface area contributed by atoms with Crippen LogP contribution < -0.4 is 0 Å². The van der Waals surface area contributed by atoms with Gasteiger partial charge in [-0.1, -0.05) is 18.2 Å². The first-order chi connectivity index (χ1) is 5.66. The summed E-state index contributed by atoms with van der Waals surface area (Å²) in [5.41, 5.74) is 3.86. The van der Waals surface area contributed by atoms with E-state index >= 15 is 0 Å². The normalized spacial score (nSPS) is 16.1. The fourth-order valence-corrected chi connectivity index (χ4v) is 1.44. The average molecular weight is 161 g/mol. The zero-order valence-corrected chi connectivity index (χ0v) is 7.96.